The molecule has 1 fully saturated rings. The molecule has 1 aromatic carbocycles. The molecule has 1 aliphatic heterocycles. The number of carbonyl (C=O) groups excluding carboxylic acids is 1. The summed E-state index contributed by atoms with van der Waals surface area (Å²) in [5.41, 5.74) is 2.15. The van der Waals surface area contributed by atoms with Gasteiger partial charge in [0.15, 0.2) is 0 Å². The average molecular weight is 388 g/mol. The zero-order valence-corrected chi connectivity index (χ0v) is 16.2. The number of piperazine rings is 1. The first-order chi connectivity index (χ1) is 12.9. The van der Waals surface area contributed by atoms with Gasteiger partial charge in [-0.3, -0.25) is 9.78 Å². The Balaban J connectivity index is 1.57. The minimum absolute atomic E-state index is 0.0460. The fourth-order valence-corrected chi connectivity index (χ4v) is 4.42. The lowest BCUT2D eigenvalue weighted by atomic mass is 10.1. The third-order valence-corrected chi connectivity index (χ3v) is 6.47. The molecule has 0 unspecified atom stereocenters. The van der Waals surface area contributed by atoms with Gasteiger partial charge < -0.3 is 10.2 Å². The number of carbonyl (C=O) groups is 1. The second kappa shape index (κ2) is 8.60. The SMILES string of the molecule is CN1CCN(S(=O)(=O)Cc2ccc(C(=O)NCc3ccncc3)cc2)CC1. The molecule has 1 N–H and O–H groups in total. The van der Waals surface area contributed by atoms with Crippen LogP contribution < -0.4 is 5.32 Å². The first kappa shape index (κ1) is 19.5. The lowest BCUT2D eigenvalue weighted by molar-refractivity contribution is 0.0951. The number of benzene rings is 1. The number of likely N-dealkylation sites (N-methyl/N-ethyl adjacent to an activating group) is 1. The standard InChI is InChI=1S/C19H24N4O3S/c1-22-10-12-23(13-11-22)27(25,26)15-17-2-4-18(5-3-17)19(24)21-14-16-6-8-20-9-7-16/h2-9H,10-15H2,1H3,(H,21,24). The first-order valence-electron chi connectivity index (χ1n) is 8.86. The van der Waals surface area contributed by atoms with E-state index in [2.05, 4.69) is 15.2 Å². The van der Waals surface area contributed by atoms with E-state index < -0.39 is 10.0 Å². The quantitative estimate of drug-likeness (QED) is 0.801. The summed E-state index contributed by atoms with van der Waals surface area (Å²) in [5.74, 6) is -0.240. The van der Waals surface area contributed by atoms with E-state index in [0.29, 0.717) is 30.8 Å². The topological polar surface area (TPSA) is 82.6 Å². The average Bonchev–Trinajstić information content (AvgIpc) is 2.67. The van der Waals surface area contributed by atoms with E-state index in [9.17, 15) is 13.2 Å². The second-order valence-electron chi connectivity index (χ2n) is 6.69. The van der Waals surface area contributed by atoms with Gasteiger partial charge in [0.25, 0.3) is 5.91 Å². The molecular formula is C19H24N4O3S. The van der Waals surface area contributed by atoms with Crippen molar-refractivity contribution in [2.45, 2.75) is 12.3 Å². The van der Waals surface area contributed by atoms with Crippen molar-refractivity contribution >= 4 is 15.9 Å². The third-order valence-electron chi connectivity index (χ3n) is 4.62. The predicted octanol–water partition coefficient (Wildman–Crippen LogP) is 1.09. The Morgan fingerprint density at radius 3 is 2.26 bits per heavy atom. The highest BCUT2D eigenvalue weighted by atomic mass is 32.2. The summed E-state index contributed by atoms with van der Waals surface area (Å²) in [6.07, 6.45) is 3.36. The van der Waals surface area contributed by atoms with Crippen molar-refractivity contribution in [3.05, 3.63) is 65.5 Å². The molecule has 0 bridgehead atoms. The maximum Gasteiger partial charge on any atom is 0.251 e. The van der Waals surface area contributed by atoms with E-state index in [4.69, 9.17) is 0 Å². The van der Waals surface area contributed by atoms with Crippen LogP contribution in [0.25, 0.3) is 0 Å². The van der Waals surface area contributed by atoms with E-state index in [-0.39, 0.29) is 11.7 Å². The highest BCUT2D eigenvalue weighted by Crippen LogP contribution is 2.14. The van der Waals surface area contributed by atoms with Crippen LogP contribution in [-0.2, 0) is 22.3 Å². The van der Waals surface area contributed by atoms with Crippen molar-refractivity contribution in [2.24, 2.45) is 0 Å². The van der Waals surface area contributed by atoms with Crippen molar-refractivity contribution in [1.82, 2.24) is 19.5 Å². The Morgan fingerprint density at radius 1 is 1.00 bits per heavy atom. The molecule has 7 nitrogen and oxygen atoms in total. The lowest BCUT2D eigenvalue weighted by Gasteiger charge is -2.31. The fraction of sp³-hybridized carbons (Fsp3) is 0.368. The summed E-state index contributed by atoms with van der Waals surface area (Å²) in [7, 11) is -1.35. The number of aromatic nitrogens is 1. The number of sulfonamides is 1. The number of hydrogen-bond donors (Lipinski definition) is 1. The monoisotopic (exact) mass is 388 g/mol. The van der Waals surface area contributed by atoms with Crippen LogP contribution in [0.3, 0.4) is 0 Å². The van der Waals surface area contributed by atoms with Gasteiger partial charge in [-0.2, -0.15) is 4.31 Å². The zero-order chi connectivity index (χ0) is 19.3. The van der Waals surface area contributed by atoms with Gasteiger partial charge in [-0.15, -0.1) is 0 Å². The Kier molecular flexibility index (Phi) is 6.20. The Morgan fingerprint density at radius 2 is 1.63 bits per heavy atom. The molecule has 1 saturated heterocycles. The highest BCUT2D eigenvalue weighted by molar-refractivity contribution is 7.88. The van der Waals surface area contributed by atoms with Gasteiger partial charge in [-0.25, -0.2) is 8.42 Å². The Labute approximate surface area is 160 Å². The third kappa shape index (κ3) is 5.35. The van der Waals surface area contributed by atoms with Crippen LogP contribution in [0, 0.1) is 0 Å². The molecular weight excluding hydrogens is 364 g/mol. The normalized spacial score (nSPS) is 16.2. The van der Waals surface area contributed by atoms with Crippen molar-refractivity contribution in [1.29, 1.82) is 0 Å². The van der Waals surface area contributed by atoms with Gasteiger partial charge in [-0.05, 0) is 42.4 Å². The molecule has 144 valence electrons. The summed E-state index contributed by atoms with van der Waals surface area (Å²) in [5, 5.41) is 2.84. The molecule has 0 spiro atoms. The molecule has 1 amide bonds. The van der Waals surface area contributed by atoms with Gasteiger partial charge in [0.05, 0.1) is 5.75 Å². The molecule has 3 rings (SSSR count). The molecule has 0 radical (unpaired) electrons. The number of amides is 1. The summed E-state index contributed by atoms with van der Waals surface area (Å²) in [6, 6.07) is 10.4. The van der Waals surface area contributed by atoms with Crippen LogP contribution in [0.5, 0.6) is 0 Å². The van der Waals surface area contributed by atoms with E-state index in [1.807, 2.05) is 19.2 Å². The summed E-state index contributed by atoms with van der Waals surface area (Å²) >= 11 is 0. The number of hydrogen-bond acceptors (Lipinski definition) is 5. The van der Waals surface area contributed by atoms with Crippen molar-refractivity contribution in [2.75, 3.05) is 33.2 Å². The minimum atomic E-state index is -3.34. The molecule has 0 saturated carbocycles. The van der Waals surface area contributed by atoms with Crippen LogP contribution >= 0.6 is 0 Å². The number of nitrogens with zero attached hydrogens (tertiary/aromatic N) is 3. The van der Waals surface area contributed by atoms with Crippen molar-refractivity contribution in [3.8, 4) is 0 Å². The smallest absolute Gasteiger partial charge is 0.251 e. The summed E-state index contributed by atoms with van der Waals surface area (Å²) in [6.45, 7) is 2.95. The van der Waals surface area contributed by atoms with Crippen LogP contribution in [0.1, 0.15) is 21.5 Å². The minimum Gasteiger partial charge on any atom is -0.348 e. The number of pyridine rings is 1. The summed E-state index contributed by atoms with van der Waals surface area (Å²) in [4.78, 5) is 18.3. The van der Waals surface area contributed by atoms with E-state index in [1.165, 1.54) is 0 Å². The van der Waals surface area contributed by atoms with E-state index in [0.717, 1.165) is 18.7 Å². The largest absolute Gasteiger partial charge is 0.348 e. The highest BCUT2D eigenvalue weighted by Gasteiger charge is 2.25. The molecule has 27 heavy (non-hydrogen) atoms. The maximum absolute atomic E-state index is 12.6. The number of nitrogens with one attached hydrogen (secondary N) is 1. The van der Waals surface area contributed by atoms with Crippen molar-refractivity contribution < 1.29 is 13.2 Å². The van der Waals surface area contributed by atoms with E-state index >= 15 is 0 Å². The van der Waals surface area contributed by atoms with Gasteiger partial charge >= 0.3 is 0 Å². The zero-order valence-electron chi connectivity index (χ0n) is 15.3. The second-order valence-corrected chi connectivity index (χ2v) is 8.66. The Bertz CT molecular complexity index is 862. The maximum atomic E-state index is 12.6. The van der Waals surface area contributed by atoms with Gasteiger partial charge in [-0.1, -0.05) is 12.1 Å². The fourth-order valence-electron chi connectivity index (χ4n) is 2.91. The van der Waals surface area contributed by atoms with Crippen LogP contribution in [0.15, 0.2) is 48.8 Å². The molecule has 0 aliphatic carbocycles. The van der Waals surface area contributed by atoms with Gasteiger partial charge in [0, 0.05) is 50.7 Å². The number of rotatable bonds is 6. The Hall–Kier alpha value is -2.29. The molecule has 1 aliphatic rings. The molecule has 2 aromatic rings. The molecule has 0 atom stereocenters. The van der Waals surface area contributed by atoms with Crippen LogP contribution in [0.2, 0.25) is 0 Å². The van der Waals surface area contributed by atoms with Gasteiger partial charge in [0.2, 0.25) is 10.0 Å². The first-order valence-corrected chi connectivity index (χ1v) is 10.5. The lowest BCUT2D eigenvalue weighted by Crippen LogP contribution is -2.47. The molecule has 8 heteroatoms. The van der Waals surface area contributed by atoms with Crippen molar-refractivity contribution in [3.63, 3.8) is 0 Å². The van der Waals surface area contributed by atoms with Gasteiger partial charge in [0.1, 0.15) is 0 Å². The molecule has 2 heterocycles. The van der Waals surface area contributed by atoms with E-state index in [1.54, 1.807) is 41.0 Å². The van der Waals surface area contributed by atoms with Crippen LogP contribution in [0.4, 0.5) is 0 Å². The van der Waals surface area contributed by atoms with Crippen LogP contribution in [-0.4, -0.2) is 61.7 Å². The molecule has 1 aromatic heterocycles. The summed E-state index contributed by atoms with van der Waals surface area (Å²) < 4.78 is 26.7. The predicted molar refractivity (Wildman–Crippen MR) is 104 cm³/mol.